The first-order valence-corrected chi connectivity index (χ1v) is 5.29. The van der Waals surface area contributed by atoms with Crippen LogP contribution in [0, 0.1) is 0 Å². The van der Waals surface area contributed by atoms with Gasteiger partial charge in [-0.1, -0.05) is 18.2 Å². The summed E-state index contributed by atoms with van der Waals surface area (Å²) in [5.41, 5.74) is 6.76. The minimum atomic E-state index is -0.466. The molecule has 0 unspecified atom stereocenters. The largest absolute Gasteiger partial charge is 0.461 e. The monoisotopic (exact) mass is 231 g/mol. The third kappa shape index (κ3) is 2.13. The summed E-state index contributed by atoms with van der Waals surface area (Å²) in [6.45, 7) is 2.05. The molecule has 88 valence electrons. The van der Waals surface area contributed by atoms with Gasteiger partial charge in [-0.05, 0) is 19.1 Å². The number of anilines is 1. The Labute approximate surface area is 98.8 Å². The highest BCUT2D eigenvalue weighted by atomic mass is 16.5. The Morgan fingerprint density at radius 3 is 2.76 bits per heavy atom. The fourth-order valence-electron chi connectivity index (χ4n) is 1.55. The number of esters is 1. The lowest BCUT2D eigenvalue weighted by Crippen LogP contribution is -2.12. The average molecular weight is 231 g/mol. The van der Waals surface area contributed by atoms with Crippen molar-refractivity contribution in [2.45, 2.75) is 6.92 Å². The van der Waals surface area contributed by atoms with E-state index in [2.05, 4.69) is 4.98 Å². The lowest BCUT2D eigenvalue weighted by atomic mass is 10.3. The molecule has 0 radical (unpaired) electrons. The number of hydrogen-bond acceptors (Lipinski definition) is 4. The predicted molar refractivity (Wildman–Crippen MR) is 63.9 cm³/mol. The number of benzene rings is 1. The number of para-hydroxylation sites is 1. The van der Waals surface area contributed by atoms with Crippen LogP contribution >= 0.6 is 0 Å². The van der Waals surface area contributed by atoms with Gasteiger partial charge in [-0.2, -0.15) is 0 Å². The maximum Gasteiger partial charge on any atom is 0.359 e. The summed E-state index contributed by atoms with van der Waals surface area (Å²) >= 11 is 0. The number of aromatic nitrogens is 2. The van der Waals surface area contributed by atoms with Crippen LogP contribution in [0.2, 0.25) is 0 Å². The molecule has 0 atom stereocenters. The van der Waals surface area contributed by atoms with Crippen molar-refractivity contribution in [1.29, 1.82) is 0 Å². The van der Waals surface area contributed by atoms with Crippen LogP contribution in [-0.2, 0) is 4.74 Å². The molecule has 2 aromatic rings. The van der Waals surface area contributed by atoms with Gasteiger partial charge in [-0.3, -0.25) is 4.57 Å². The van der Waals surface area contributed by atoms with Gasteiger partial charge in [-0.25, -0.2) is 9.78 Å². The number of ether oxygens (including phenoxy) is 1. The number of hydrogen-bond donors (Lipinski definition) is 1. The van der Waals surface area contributed by atoms with Crippen LogP contribution in [0.5, 0.6) is 0 Å². The van der Waals surface area contributed by atoms with Crippen LogP contribution in [0.15, 0.2) is 36.7 Å². The Morgan fingerprint density at radius 1 is 1.41 bits per heavy atom. The SMILES string of the molecule is CCOC(=O)c1c(N)ncn1-c1ccccc1. The molecule has 0 aliphatic rings. The fourth-order valence-corrected chi connectivity index (χ4v) is 1.55. The van der Waals surface area contributed by atoms with E-state index in [4.69, 9.17) is 10.5 Å². The van der Waals surface area contributed by atoms with Gasteiger partial charge in [0.25, 0.3) is 0 Å². The number of rotatable bonds is 3. The van der Waals surface area contributed by atoms with Gasteiger partial charge in [-0.15, -0.1) is 0 Å². The van der Waals surface area contributed by atoms with Crippen LogP contribution < -0.4 is 5.73 Å². The van der Waals surface area contributed by atoms with Crippen LogP contribution in [-0.4, -0.2) is 22.1 Å². The van der Waals surface area contributed by atoms with Crippen LogP contribution in [0.25, 0.3) is 5.69 Å². The molecule has 1 aromatic heterocycles. The van der Waals surface area contributed by atoms with Crippen molar-refractivity contribution >= 4 is 11.8 Å². The molecule has 0 spiro atoms. The molecule has 0 bridgehead atoms. The highest BCUT2D eigenvalue weighted by Crippen LogP contribution is 2.17. The molecule has 0 fully saturated rings. The van der Waals surface area contributed by atoms with E-state index in [1.54, 1.807) is 11.5 Å². The Balaban J connectivity index is 2.46. The van der Waals surface area contributed by atoms with Crippen molar-refractivity contribution < 1.29 is 9.53 Å². The van der Waals surface area contributed by atoms with E-state index in [1.807, 2.05) is 30.3 Å². The standard InChI is InChI=1S/C12H13N3O2/c1-2-17-12(16)10-11(13)14-8-15(10)9-6-4-3-5-7-9/h3-8H,2,13H2,1H3. The smallest absolute Gasteiger partial charge is 0.359 e. The van der Waals surface area contributed by atoms with Gasteiger partial charge in [0.15, 0.2) is 11.5 Å². The molecular weight excluding hydrogens is 218 g/mol. The highest BCUT2D eigenvalue weighted by molar-refractivity contribution is 5.93. The van der Waals surface area contributed by atoms with E-state index in [0.29, 0.717) is 6.61 Å². The zero-order valence-corrected chi connectivity index (χ0v) is 9.46. The molecule has 1 heterocycles. The zero-order valence-electron chi connectivity index (χ0n) is 9.46. The van der Waals surface area contributed by atoms with E-state index in [-0.39, 0.29) is 11.5 Å². The van der Waals surface area contributed by atoms with E-state index < -0.39 is 5.97 Å². The number of carbonyl (C=O) groups is 1. The molecule has 2 N–H and O–H groups in total. The molecule has 5 heteroatoms. The number of nitrogens with two attached hydrogens (primary N) is 1. The van der Waals surface area contributed by atoms with Crippen LogP contribution in [0.4, 0.5) is 5.82 Å². The van der Waals surface area contributed by atoms with Gasteiger partial charge in [0, 0.05) is 5.69 Å². The molecular formula is C12H13N3O2. The minimum absolute atomic E-state index is 0.173. The van der Waals surface area contributed by atoms with Crippen molar-refractivity contribution in [3.8, 4) is 5.69 Å². The summed E-state index contributed by atoms with van der Waals surface area (Å²) in [4.78, 5) is 15.7. The summed E-state index contributed by atoms with van der Waals surface area (Å²) in [6.07, 6.45) is 1.51. The maximum atomic E-state index is 11.8. The Hall–Kier alpha value is -2.30. The van der Waals surface area contributed by atoms with Crippen molar-refractivity contribution in [3.63, 3.8) is 0 Å². The van der Waals surface area contributed by atoms with E-state index in [9.17, 15) is 4.79 Å². The second-order valence-corrected chi connectivity index (χ2v) is 3.40. The molecule has 0 saturated heterocycles. The number of nitrogens with zero attached hydrogens (tertiary/aromatic N) is 2. The molecule has 0 saturated carbocycles. The molecule has 0 amide bonds. The first-order valence-electron chi connectivity index (χ1n) is 5.29. The summed E-state index contributed by atoms with van der Waals surface area (Å²) in [5.74, 6) is -0.293. The topological polar surface area (TPSA) is 70.1 Å². The number of nitrogen functional groups attached to an aromatic ring is 1. The van der Waals surface area contributed by atoms with Crippen molar-refractivity contribution in [2.75, 3.05) is 12.3 Å². The van der Waals surface area contributed by atoms with Gasteiger partial charge < -0.3 is 10.5 Å². The third-order valence-electron chi connectivity index (χ3n) is 2.30. The molecule has 1 aromatic carbocycles. The Morgan fingerprint density at radius 2 is 2.12 bits per heavy atom. The number of carbonyl (C=O) groups excluding carboxylic acids is 1. The van der Waals surface area contributed by atoms with Gasteiger partial charge in [0.05, 0.1) is 6.61 Å². The van der Waals surface area contributed by atoms with E-state index in [0.717, 1.165) is 5.69 Å². The first kappa shape index (κ1) is 11.2. The second kappa shape index (κ2) is 4.69. The zero-order chi connectivity index (χ0) is 12.3. The summed E-state index contributed by atoms with van der Waals surface area (Å²) in [6, 6.07) is 9.38. The van der Waals surface area contributed by atoms with Gasteiger partial charge in [0.1, 0.15) is 6.33 Å². The summed E-state index contributed by atoms with van der Waals surface area (Å²) in [5, 5.41) is 0. The highest BCUT2D eigenvalue weighted by Gasteiger charge is 2.18. The maximum absolute atomic E-state index is 11.8. The molecule has 0 aliphatic heterocycles. The molecule has 0 aliphatic carbocycles. The quantitative estimate of drug-likeness (QED) is 0.815. The summed E-state index contributed by atoms with van der Waals surface area (Å²) in [7, 11) is 0. The normalized spacial score (nSPS) is 10.2. The average Bonchev–Trinajstić information content (AvgIpc) is 2.73. The number of imidazole rings is 1. The predicted octanol–water partition coefficient (Wildman–Crippen LogP) is 1.63. The molecule has 2 rings (SSSR count). The summed E-state index contributed by atoms with van der Waals surface area (Å²) < 4.78 is 6.57. The van der Waals surface area contributed by atoms with Crippen molar-refractivity contribution in [1.82, 2.24) is 9.55 Å². The lowest BCUT2D eigenvalue weighted by Gasteiger charge is -2.07. The first-order chi connectivity index (χ1) is 8.24. The fraction of sp³-hybridized carbons (Fsp3) is 0.167. The molecule has 5 nitrogen and oxygen atoms in total. The van der Waals surface area contributed by atoms with Crippen LogP contribution in [0.3, 0.4) is 0 Å². The van der Waals surface area contributed by atoms with Crippen molar-refractivity contribution in [2.24, 2.45) is 0 Å². The third-order valence-corrected chi connectivity index (χ3v) is 2.30. The Bertz CT molecular complexity index is 520. The van der Waals surface area contributed by atoms with Gasteiger partial charge >= 0.3 is 5.97 Å². The van der Waals surface area contributed by atoms with Crippen molar-refractivity contribution in [3.05, 3.63) is 42.4 Å². The van der Waals surface area contributed by atoms with E-state index in [1.165, 1.54) is 6.33 Å². The van der Waals surface area contributed by atoms with Crippen LogP contribution in [0.1, 0.15) is 17.4 Å². The van der Waals surface area contributed by atoms with Gasteiger partial charge in [0.2, 0.25) is 0 Å². The lowest BCUT2D eigenvalue weighted by molar-refractivity contribution is 0.0518. The van der Waals surface area contributed by atoms with E-state index >= 15 is 0 Å². The minimum Gasteiger partial charge on any atom is -0.461 e. The Kier molecular flexibility index (Phi) is 3.09. The second-order valence-electron chi connectivity index (χ2n) is 3.40. The molecule has 17 heavy (non-hydrogen) atoms.